The van der Waals surface area contributed by atoms with Crippen molar-refractivity contribution in [3.8, 4) is 0 Å². The van der Waals surface area contributed by atoms with Crippen LogP contribution in [0.5, 0.6) is 0 Å². The van der Waals surface area contributed by atoms with E-state index in [2.05, 4.69) is 32.8 Å². The molecule has 2 atom stereocenters. The summed E-state index contributed by atoms with van der Waals surface area (Å²) in [4.78, 5) is 5.34. The van der Waals surface area contributed by atoms with E-state index in [1.807, 2.05) is 0 Å². The number of piperidine rings is 1. The maximum Gasteiger partial charge on any atom is 0.0192 e. The van der Waals surface area contributed by atoms with E-state index in [9.17, 15) is 0 Å². The lowest BCUT2D eigenvalue weighted by Crippen LogP contribution is -2.42. The van der Waals surface area contributed by atoms with E-state index in [0.717, 1.165) is 17.4 Å². The van der Waals surface area contributed by atoms with Gasteiger partial charge in [0.2, 0.25) is 0 Å². The molecule has 0 N–H and O–H groups in total. The Bertz CT molecular complexity index is 235. The van der Waals surface area contributed by atoms with Gasteiger partial charge in [0.25, 0.3) is 0 Å². The second-order valence-corrected chi connectivity index (χ2v) is 6.76. The molecule has 0 amide bonds. The molecule has 3 heteroatoms. The average Bonchev–Trinajstić information content (AvgIpc) is 2.62. The monoisotopic (exact) mass is 316 g/mol. The van der Waals surface area contributed by atoms with Crippen LogP contribution in [0.1, 0.15) is 51.4 Å². The maximum absolute atomic E-state index is 3.71. The molecular formula is C15H29BrN2. The minimum absolute atomic E-state index is 0.793. The third-order valence-electron chi connectivity index (χ3n) is 4.85. The smallest absolute Gasteiger partial charge is 0.0192 e. The molecule has 2 saturated heterocycles. The zero-order valence-electron chi connectivity index (χ0n) is 11.9. The molecule has 2 aliphatic heterocycles. The second kappa shape index (κ2) is 7.86. The lowest BCUT2D eigenvalue weighted by atomic mass is 9.99. The molecule has 2 aliphatic rings. The molecule has 0 saturated carbocycles. The quantitative estimate of drug-likeness (QED) is 0.732. The number of likely N-dealkylation sites (tertiary alicyclic amines) is 2. The van der Waals surface area contributed by atoms with Gasteiger partial charge in [0, 0.05) is 17.4 Å². The van der Waals surface area contributed by atoms with Gasteiger partial charge >= 0.3 is 0 Å². The largest absolute Gasteiger partial charge is 0.303 e. The molecule has 0 radical (unpaired) electrons. The highest BCUT2D eigenvalue weighted by molar-refractivity contribution is 9.09. The van der Waals surface area contributed by atoms with Crippen molar-refractivity contribution in [1.82, 2.24) is 9.80 Å². The van der Waals surface area contributed by atoms with Crippen LogP contribution in [-0.2, 0) is 0 Å². The Hall–Kier alpha value is 0.400. The summed E-state index contributed by atoms with van der Waals surface area (Å²) in [5, 5.41) is 1.16. The van der Waals surface area contributed by atoms with Crippen LogP contribution in [0.4, 0.5) is 0 Å². The molecular weight excluding hydrogens is 288 g/mol. The van der Waals surface area contributed by atoms with Crippen LogP contribution in [0.15, 0.2) is 0 Å². The summed E-state index contributed by atoms with van der Waals surface area (Å²) in [5.41, 5.74) is 0. The third kappa shape index (κ3) is 4.21. The summed E-state index contributed by atoms with van der Waals surface area (Å²) in [6.07, 6.45) is 11.3. The van der Waals surface area contributed by atoms with E-state index < -0.39 is 0 Å². The van der Waals surface area contributed by atoms with Gasteiger partial charge in [-0.25, -0.2) is 0 Å². The lowest BCUT2D eigenvalue weighted by molar-refractivity contribution is 0.141. The van der Waals surface area contributed by atoms with E-state index in [1.54, 1.807) is 0 Å². The van der Waals surface area contributed by atoms with E-state index in [-0.39, 0.29) is 0 Å². The first-order valence-electron chi connectivity index (χ1n) is 7.81. The highest BCUT2D eigenvalue weighted by atomic mass is 79.9. The van der Waals surface area contributed by atoms with Crippen LogP contribution in [0.25, 0.3) is 0 Å². The maximum atomic E-state index is 3.71. The average molecular weight is 317 g/mol. The van der Waals surface area contributed by atoms with Gasteiger partial charge in [-0.3, -0.25) is 4.90 Å². The predicted octanol–water partition coefficient (Wildman–Crippen LogP) is 3.50. The number of nitrogens with zero attached hydrogens (tertiary/aromatic N) is 2. The molecule has 2 fully saturated rings. The van der Waals surface area contributed by atoms with Gasteiger partial charge in [-0.05, 0) is 58.8 Å². The van der Waals surface area contributed by atoms with E-state index >= 15 is 0 Å². The van der Waals surface area contributed by atoms with Crippen molar-refractivity contribution in [2.24, 2.45) is 0 Å². The van der Waals surface area contributed by atoms with Gasteiger partial charge in [0.1, 0.15) is 0 Å². The fraction of sp³-hybridized carbons (Fsp3) is 1.00. The van der Waals surface area contributed by atoms with Crippen LogP contribution in [-0.4, -0.2) is 53.9 Å². The van der Waals surface area contributed by atoms with Gasteiger partial charge in [-0.1, -0.05) is 35.2 Å². The standard InChI is InChI=1S/C15H29BrN2/c1-17-10-6-4-7-14(17)9-12-18-11-5-2-3-8-15(18)13-16/h14-15H,2-13H2,1H3. The van der Waals surface area contributed by atoms with Crippen molar-refractivity contribution < 1.29 is 0 Å². The van der Waals surface area contributed by atoms with Crippen molar-refractivity contribution >= 4 is 15.9 Å². The Kier molecular flexibility index (Phi) is 6.46. The number of halogens is 1. The summed E-state index contributed by atoms with van der Waals surface area (Å²) in [7, 11) is 2.31. The molecule has 0 aromatic carbocycles. The summed E-state index contributed by atoms with van der Waals surface area (Å²) in [6, 6.07) is 1.64. The van der Waals surface area contributed by atoms with E-state index in [1.165, 1.54) is 71.0 Å². The first-order valence-corrected chi connectivity index (χ1v) is 8.93. The minimum atomic E-state index is 0.793. The van der Waals surface area contributed by atoms with E-state index in [4.69, 9.17) is 0 Å². The van der Waals surface area contributed by atoms with Crippen LogP contribution in [0.3, 0.4) is 0 Å². The Labute approximate surface area is 121 Å². The topological polar surface area (TPSA) is 6.48 Å². The third-order valence-corrected chi connectivity index (χ3v) is 5.60. The molecule has 0 aliphatic carbocycles. The Morgan fingerprint density at radius 1 is 0.944 bits per heavy atom. The molecule has 106 valence electrons. The Balaban J connectivity index is 1.79. The highest BCUT2D eigenvalue weighted by Gasteiger charge is 2.23. The van der Waals surface area contributed by atoms with Crippen molar-refractivity contribution in [2.75, 3.05) is 32.0 Å². The summed E-state index contributed by atoms with van der Waals surface area (Å²) >= 11 is 3.71. The van der Waals surface area contributed by atoms with Crippen LogP contribution < -0.4 is 0 Å². The van der Waals surface area contributed by atoms with Crippen molar-refractivity contribution in [3.63, 3.8) is 0 Å². The normalized spacial score (nSPS) is 32.3. The number of alkyl halides is 1. The fourth-order valence-electron chi connectivity index (χ4n) is 3.53. The SMILES string of the molecule is CN1CCCCC1CCN1CCCCCC1CBr. The molecule has 2 heterocycles. The van der Waals surface area contributed by atoms with E-state index in [0.29, 0.717) is 0 Å². The zero-order chi connectivity index (χ0) is 12.8. The van der Waals surface area contributed by atoms with Crippen LogP contribution >= 0.6 is 15.9 Å². The number of hydrogen-bond acceptors (Lipinski definition) is 2. The summed E-state index contributed by atoms with van der Waals surface area (Å²) < 4.78 is 0. The molecule has 2 nitrogen and oxygen atoms in total. The highest BCUT2D eigenvalue weighted by Crippen LogP contribution is 2.22. The second-order valence-electron chi connectivity index (χ2n) is 6.11. The van der Waals surface area contributed by atoms with Gasteiger partial charge in [-0.15, -0.1) is 0 Å². The summed E-state index contributed by atoms with van der Waals surface area (Å²) in [5.74, 6) is 0. The number of rotatable bonds is 4. The summed E-state index contributed by atoms with van der Waals surface area (Å²) in [6.45, 7) is 3.95. The van der Waals surface area contributed by atoms with Gasteiger partial charge in [-0.2, -0.15) is 0 Å². The molecule has 0 spiro atoms. The van der Waals surface area contributed by atoms with Crippen LogP contribution in [0.2, 0.25) is 0 Å². The van der Waals surface area contributed by atoms with Crippen LogP contribution in [0, 0.1) is 0 Å². The fourth-order valence-corrected chi connectivity index (χ4v) is 4.26. The lowest BCUT2D eigenvalue weighted by Gasteiger charge is -2.35. The van der Waals surface area contributed by atoms with Gasteiger partial charge < -0.3 is 4.90 Å². The molecule has 0 aromatic rings. The first-order chi connectivity index (χ1) is 8.81. The van der Waals surface area contributed by atoms with Crippen molar-refractivity contribution in [3.05, 3.63) is 0 Å². The molecule has 0 bridgehead atoms. The van der Waals surface area contributed by atoms with Gasteiger partial charge in [0.05, 0.1) is 0 Å². The zero-order valence-corrected chi connectivity index (χ0v) is 13.5. The van der Waals surface area contributed by atoms with Crippen molar-refractivity contribution in [1.29, 1.82) is 0 Å². The molecule has 18 heavy (non-hydrogen) atoms. The first kappa shape index (κ1) is 14.8. The minimum Gasteiger partial charge on any atom is -0.303 e. The molecule has 2 rings (SSSR count). The molecule has 2 unspecified atom stereocenters. The van der Waals surface area contributed by atoms with Crippen molar-refractivity contribution in [2.45, 2.75) is 63.5 Å². The van der Waals surface area contributed by atoms with Gasteiger partial charge in [0.15, 0.2) is 0 Å². The number of hydrogen-bond donors (Lipinski definition) is 0. The predicted molar refractivity (Wildman–Crippen MR) is 82.5 cm³/mol. The Morgan fingerprint density at radius 2 is 1.67 bits per heavy atom. The molecule has 0 aromatic heterocycles. The Morgan fingerprint density at radius 3 is 2.44 bits per heavy atom.